The number of halogens is 2. The fraction of sp³-hybridized carbons (Fsp3) is 0. The molecule has 2 nitrogen and oxygen atoms in total. The van der Waals surface area contributed by atoms with Crippen LogP contribution in [0, 0.1) is 5.82 Å². The maximum Gasteiger partial charge on any atom is 0.188 e. The molecule has 0 saturated carbocycles. The Bertz CT molecular complexity index is 444. The maximum absolute atomic E-state index is 12.8. The predicted molar refractivity (Wildman–Crippen MR) is 56.8 cm³/mol. The van der Waals surface area contributed by atoms with Crippen molar-refractivity contribution < 1.29 is 4.39 Å². The Kier molecular flexibility index (Phi) is 2.65. The molecule has 0 aliphatic rings. The van der Waals surface area contributed by atoms with Crippen LogP contribution in [0.1, 0.15) is 0 Å². The highest BCUT2D eigenvalue weighted by atomic mass is 35.5. The molecule has 0 radical (unpaired) electrons. The highest BCUT2D eigenvalue weighted by Gasteiger charge is 2.00. The van der Waals surface area contributed by atoms with Gasteiger partial charge in [0.25, 0.3) is 0 Å². The van der Waals surface area contributed by atoms with E-state index in [2.05, 4.69) is 10.3 Å². The molecule has 0 bridgehead atoms. The van der Waals surface area contributed by atoms with E-state index in [0.29, 0.717) is 16.0 Å². The lowest BCUT2D eigenvalue weighted by atomic mass is 10.3. The highest BCUT2D eigenvalue weighted by Crippen LogP contribution is 2.23. The topological polar surface area (TPSA) is 24.9 Å². The summed E-state index contributed by atoms with van der Waals surface area (Å²) >= 11 is 7.02. The van der Waals surface area contributed by atoms with Crippen molar-refractivity contribution in [2.45, 2.75) is 0 Å². The zero-order valence-electron chi connectivity index (χ0n) is 7.00. The summed E-state index contributed by atoms with van der Waals surface area (Å²) in [6.07, 6.45) is 0. The summed E-state index contributed by atoms with van der Waals surface area (Å²) in [4.78, 5) is 3.99. The predicted octanol–water partition coefficient (Wildman–Crippen LogP) is 3.68. The van der Waals surface area contributed by atoms with E-state index in [9.17, 15) is 4.39 Å². The van der Waals surface area contributed by atoms with Crippen molar-refractivity contribution in [2.24, 2.45) is 0 Å². The van der Waals surface area contributed by atoms with Crippen LogP contribution in [0.2, 0.25) is 5.15 Å². The van der Waals surface area contributed by atoms with Crippen LogP contribution in [-0.2, 0) is 0 Å². The van der Waals surface area contributed by atoms with Crippen molar-refractivity contribution in [3.8, 4) is 0 Å². The Hall–Kier alpha value is -1.13. The average molecular weight is 229 g/mol. The van der Waals surface area contributed by atoms with Crippen molar-refractivity contribution >= 4 is 33.8 Å². The van der Waals surface area contributed by atoms with Crippen LogP contribution < -0.4 is 5.32 Å². The second kappa shape index (κ2) is 3.94. The fourth-order valence-corrected chi connectivity index (χ4v) is 1.86. The summed E-state index contributed by atoms with van der Waals surface area (Å²) in [5, 5.41) is 5.75. The van der Waals surface area contributed by atoms with E-state index in [1.54, 1.807) is 17.5 Å². The van der Waals surface area contributed by atoms with Crippen molar-refractivity contribution in [1.29, 1.82) is 0 Å². The van der Waals surface area contributed by atoms with Gasteiger partial charge in [0.05, 0.1) is 0 Å². The number of aromatic nitrogens is 1. The van der Waals surface area contributed by atoms with Gasteiger partial charge in [0, 0.05) is 11.1 Å². The minimum absolute atomic E-state index is 0.280. The van der Waals surface area contributed by atoms with Crippen LogP contribution in [0.15, 0.2) is 29.6 Å². The Labute approximate surface area is 89.4 Å². The molecule has 5 heteroatoms. The average Bonchev–Trinajstić information content (AvgIpc) is 2.51. The van der Waals surface area contributed by atoms with Crippen LogP contribution in [0.4, 0.5) is 15.2 Å². The summed E-state index contributed by atoms with van der Waals surface area (Å²) < 4.78 is 12.8. The number of hydrogen-bond acceptors (Lipinski definition) is 3. The first-order chi connectivity index (χ1) is 6.74. The number of hydrogen-bond donors (Lipinski definition) is 1. The number of nitrogens with one attached hydrogen (secondary N) is 1. The van der Waals surface area contributed by atoms with Crippen molar-refractivity contribution in [1.82, 2.24) is 4.98 Å². The van der Waals surface area contributed by atoms with E-state index in [4.69, 9.17) is 11.6 Å². The molecule has 0 spiro atoms. The van der Waals surface area contributed by atoms with Crippen LogP contribution in [-0.4, -0.2) is 4.98 Å². The van der Waals surface area contributed by atoms with E-state index in [1.165, 1.54) is 23.5 Å². The van der Waals surface area contributed by atoms with Gasteiger partial charge in [-0.05, 0) is 18.2 Å². The van der Waals surface area contributed by atoms with Gasteiger partial charge in [0.15, 0.2) is 5.13 Å². The third kappa shape index (κ3) is 2.21. The lowest BCUT2D eigenvalue weighted by Crippen LogP contribution is -1.89. The summed E-state index contributed by atoms with van der Waals surface area (Å²) in [5.41, 5.74) is 0.663. The van der Waals surface area contributed by atoms with Gasteiger partial charge in [0.1, 0.15) is 11.0 Å². The molecule has 2 aromatic rings. The minimum atomic E-state index is -0.280. The van der Waals surface area contributed by atoms with Crippen molar-refractivity contribution in [3.63, 3.8) is 0 Å². The number of thiazole rings is 1. The first-order valence-electron chi connectivity index (χ1n) is 3.88. The number of benzene rings is 1. The van der Waals surface area contributed by atoms with E-state index >= 15 is 0 Å². The highest BCUT2D eigenvalue weighted by molar-refractivity contribution is 7.14. The van der Waals surface area contributed by atoms with E-state index < -0.39 is 0 Å². The minimum Gasteiger partial charge on any atom is -0.331 e. The second-order valence-electron chi connectivity index (χ2n) is 2.61. The van der Waals surface area contributed by atoms with Crippen LogP contribution in [0.5, 0.6) is 0 Å². The summed E-state index contributed by atoms with van der Waals surface area (Å²) in [5.74, 6) is -0.280. The molecule has 1 N–H and O–H groups in total. The molecule has 1 aromatic carbocycles. The molecule has 0 aliphatic heterocycles. The normalized spacial score (nSPS) is 10.1. The van der Waals surface area contributed by atoms with Gasteiger partial charge < -0.3 is 5.32 Å². The second-order valence-corrected chi connectivity index (χ2v) is 3.86. The van der Waals surface area contributed by atoms with E-state index in [-0.39, 0.29) is 5.82 Å². The molecule has 72 valence electrons. The Morgan fingerprint density at radius 3 is 2.93 bits per heavy atom. The van der Waals surface area contributed by atoms with Crippen LogP contribution in [0.25, 0.3) is 0 Å². The van der Waals surface area contributed by atoms with Gasteiger partial charge in [-0.3, -0.25) is 0 Å². The molecule has 0 unspecified atom stereocenters. The Morgan fingerprint density at radius 2 is 2.29 bits per heavy atom. The number of nitrogens with zero attached hydrogens (tertiary/aromatic N) is 1. The summed E-state index contributed by atoms with van der Waals surface area (Å²) in [6.45, 7) is 0. The van der Waals surface area contributed by atoms with Gasteiger partial charge in [-0.2, -0.15) is 0 Å². The molecule has 0 fully saturated rings. The maximum atomic E-state index is 12.8. The first-order valence-corrected chi connectivity index (χ1v) is 5.13. The molecular weight excluding hydrogens is 223 g/mol. The molecule has 1 heterocycles. The summed E-state index contributed by atoms with van der Waals surface area (Å²) in [6, 6.07) is 6.18. The van der Waals surface area contributed by atoms with E-state index in [0.717, 1.165) is 0 Å². The van der Waals surface area contributed by atoms with E-state index in [1.807, 2.05) is 0 Å². The molecule has 2 rings (SSSR count). The molecule has 0 saturated heterocycles. The zero-order valence-corrected chi connectivity index (χ0v) is 8.57. The fourth-order valence-electron chi connectivity index (χ4n) is 1.00. The molecule has 1 aromatic heterocycles. The Balaban J connectivity index is 2.18. The van der Waals surface area contributed by atoms with Crippen LogP contribution in [0.3, 0.4) is 0 Å². The van der Waals surface area contributed by atoms with Gasteiger partial charge in [-0.25, -0.2) is 9.37 Å². The monoisotopic (exact) mass is 228 g/mol. The molecule has 0 amide bonds. The molecule has 0 atom stereocenters. The van der Waals surface area contributed by atoms with Crippen molar-refractivity contribution in [2.75, 3.05) is 5.32 Å². The van der Waals surface area contributed by atoms with Gasteiger partial charge >= 0.3 is 0 Å². The van der Waals surface area contributed by atoms with Crippen molar-refractivity contribution in [3.05, 3.63) is 40.6 Å². The van der Waals surface area contributed by atoms with Gasteiger partial charge in [-0.1, -0.05) is 17.7 Å². The van der Waals surface area contributed by atoms with Gasteiger partial charge in [-0.15, -0.1) is 11.3 Å². The Morgan fingerprint density at radius 1 is 1.43 bits per heavy atom. The largest absolute Gasteiger partial charge is 0.331 e. The van der Waals surface area contributed by atoms with Crippen LogP contribution >= 0.6 is 22.9 Å². The van der Waals surface area contributed by atoms with Gasteiger partial charge in [0.2, 0.25) is 0 Å². The lowest BCUT2D eigenvalue weighted by molar-refractivity contribution is 0.628. The lowest BCUT2D eigenvalue weighted by Gasteiger charge is -2.00. The number of anilines is 2. The molecular formula is C9H6ClFN2S. The molecule has 0 aliphatic carbocycles. The standard InChI is InChI=1S/C9H6ClFN2S/c10-8-5-14-9(13-8)12-7-3-1-2-6(11)4-7/h1-5H,(H,12,13). The first kappa shape index (κ1) is 9.43. The third-order valence-corrected chi connectivity index (χ3v) is 2.63. The quantitative estimate of drug-likeness (QED) is 0.848. The smallest absolute Gasteiger partial charge is 0.188 e. The third-order valence-electron chi connectivity index (χ3n) is 1.55. The number of rotatable bonds is 2. The SMILES string of the molecule is Fc1cccc(Nc2nc(Cl)cs2)c1. The zero-order chi connectivity index (χ0) is 9.97. The molecule has 14 heavy (non-hydrogen) atoms. The summed E-state index contributed by atoms with van der Waals surface area (Å²) in [7, 11) is 0.